The van der Waals surface area contributed by atoms with Crippen LogP contribution in [0.25, 0.3) is 6.08 Å². The largest absolute Gasteiger partial charge is 0.391 e. The summed E-state index contributed by atoms with van der Waals surface area (Å²) in [7, 11) is 0. The fourth-order valence-electron chi connectivity index (χ4n) is 2.26. The molecule has 1 amide bonds. The molecule has 0 bridgehead atoms. The van der Waals surface area contributed by atoms with Crippen molar-refractivity contribution in [1.82, 2.24) is 4.90 Å². The van der Waals surface area contributed by atoms with E-state index in [1.54, 1.807) is 30.0 Å². The lowest BCUT2D eigenvalue weighted by Crippen LogP contribution is -2.42. The lowest BCUT2D eigenvalue weighted by molar-refractivity contribution is -0.129. The molecule has 1 unspecified atom stereocenters. The molecule has 102 valence electrons. The second-order valence-corrected chi connectivity index (χ2v) is 4.93. The number of hydrogen-bond donors (Lipinski definition) is 1. The molecule has 0 aromatic heterocycles. The zero-order valence-electron chi connectivity index (χ0n) is 11.0. The number of carbonyl (C=O) groups excluding carboxylic acids is 1. The smallest absolute Gasteiger partial charge is 0.249 e. The zero-order chi connectivity index (χ0) is 13.8. The monoisotopic (exact) mass is 263 g/mol. The Balaban J connectivity index is 2.07. The fraction of sp³-hybridized carbons (Fsp3) is 0.400. The minimum Gasteiger partial charge on any atom is -0.391 e. The Morgan fingerprint density at radius 1 is 1.42 bits per heavy atom. The van der Waals surface area contributed by atoms with Crippen LogP contribution in [0.5, 0.6) is 0 Å². The van der Waals surface area contributed by atoms with Crippen LogP contribution in [0.2, 0.25) is 0 Å². The Bertz CT molecular complexity index is 481. The molecule has 1 aromatic rings. The number of piperidine rings is 1. The SMILES string of the molecule is CC(=Cc1ccc(F)cc1)C(=O)N1CCCC(O)C1. The third-order valence-corrected chi connectivity index (χ3v) is 3.27. The van der Waals surface area contributed by atoms with Gasteiger partial charge in [-0.3, -0.25) is 4.79 Å². The summed E-state index contributed by atoms with van der Waals surface area (Å²) < 4.78 is 12.8. The molecule has 0 radical (unpaired) electrons. The number of halogens is 1. The summed E-state index contributed by atoms with van der Waals surface area (Å²) in [4.78, 5) is 13.9. The minimum atomic E-state index is -0.420. The molecule has 1 aromatic carbocycles. The van der Waals surface area contributed by atoms with Crippen LogP contribution in [0.4, 0.5) is 4.39 Å². The molecule has 1 saturated heterocycles. The topological polar surface area (TPSA) is 40.5 Å². The first-order chi connectivity index (χ1) is 9.06. The quantitative estimate of drug-likeness (QED) is 0.831. The molecule has 1 aliphatic heterocycles. The normalized spacial score (nSPS) is 20.5. The van der Waals surface area contributed by atoms with E-state index in [1.807, 2.05) is 0 Å². The van der Waals surface area contributed by atoms with Gasteiger partial charge in [-0.25, -0.2) is 4.39 Å². The second-order valence-electron chi connectivity index (χ2n) is 4.93. The Hall–Kier alpha value is -1.68. The number of nitrogens with zero attached hydrogens (tertiary/aromatic N) is 1. The fourth-order valence-corrected chi connectivity index (χ4v) is 2.26. The molecule has 0 spiro atoms. The number of amides is 1. The van der Waals surface area contributed by atoms with Crippen molar-refractivity contribution in [1.29, 1.82) is 0 Å². The van der Waals surface area contributed by atoms with Gasteiger partial charge in [-0.1, -0.05) is 12.1 Å². The van der Waals surface area contributed by atoms with Gasteiger partial charge in [0, 0.05) is 18.7 Å². The second kappa shape index (κ2) is 5.97. The van der Waals surface area contributed by atoms with Gasteiger partial charge in [0.15, 0.2) is 0 Å². The van der Waals surface area contributed by atoms with Crippen LogP contribution < -0.4 is 0 Å². The summed E-state index contributed by atoms with van der Waals surface area (Å²) in [6.45, 7) is 2.82. The Kier molecular flexibility index (Phi) is 4.32. The average Bonchev–Trinajstić information content (AvgIpc) is 2.40. The van der Waals surface area contributed by atoms with Crippen LogP contribution in [0.3, 0.4) is 0 Å². The molecule has 1 heterocycles. The maximum atomic E-state index is 12.8. The molecule has 0 saturated carbocycles. The van der Waals surface area contributed by atoms with Crippen molar-refractivity contribution >= 4 is 12.0 Å². The van der Waals surface area contributed by atoms with E-state index in [9.17, 15) is 14.3 Å². The van der Waals surface area contributed by atoms with E-state index in [0.29, 0.717) is 18.7 Å². The average molecular weight is 263 g/mol. The van der Waals surface area contributed by atoms with Crippen molar-refractivity contribution in [3.05, 3.63) is 41.2 Å². The summed E-state index contributed by atoms with van der Waals surface area (Å²) in [6.07, 6.45) is 2.90. The van der Waals surface area contributed by atoms with Crippen molar-refractivity contribution in [2.24, 2.45) is 0 Å². The van der Waals surface area contributed by atoms with Crippen molar-refractivity contribution in [3.63, 3.8) is 0 Å². The van der Waals surface area contributed by atoms with E-state index in [4.69, 9.17) is 0 Å². The van der Waals surface area contributed by atoms with E-state index in [2.05, 4.69) is 0 Å². The molecule has 1 N–H and O–H groups in total. The van der Waals surface area contributed by atoms with E-state index < -0.39 is 6.10 Å². The van der Waals surface area contributed by atoms with Crippen molar-refractivity contribution < 1.29 is 14.3 Å². The summed E-state index contributed by atoms with van der Waals surface area (Å²) >= 11 is 0. The number of likely N-dealkylation sites (tertiary alicyclic amines) is 1. The van der Waals surface area contributed by atoms with Crippen LogP contribution >= 0.6 is 0 Å². The summed E-state index contributed by atoms with van der Waals surface area (Å²) in [5.74, 6) is -0.358. The van der Waals surface area contributed by atoms with Gasteiger partial charge in [0.25, 0.3) is 0 Å². The van der Waals surface area contributed by atoms with Gasteiger partial charge in [0.2, 0.25) is 5.91 Å². The Morgan fingerprint density at radius 3 is 2.74 bits per heavy atom. The molecule has 1 fully saturated rings. The highest BCUT2D eigenvalue weighted by Gasteiger charge is 2.22. The zero-order valence-corrected chi connectivity index (χ0v) is 11.0. The summed E-state index contributed by atoms with van der Waals surface area (Å²) in [5, 5.41) is 9.58. The van der Waals surface area contributed by atoms with Gasteiger partial charge in [-0.05, 0) is 43.5 Å². The van der Waals surface area contributed by atoms with Gasteiger partial charge in [-0.15, -0.1) is 0 Å². The predicted molar refractivity (Wildman–Crippen MR) is 71.9 cm³/mol. The third-order valence-electron chi connectivity index (χ3n) is 3.27. The predicted octanol–water partition coefficient (Wildman–Crippen LogP) is 2.21. The molecule has 1 aliphatic rings. The van der Waals surface area contributed by atoms with Crippen molar-refractivity contribution in [3.8, 4) is 0 Å². The maximum Gasteiger partial charge on any atom is 0.249 e. The number of rotatable bonds is 2. The van der Waals surface area contributed by atoms with Crippen LogP contribution in [0.15, 0.2) is 29.8 Å². The molecule has 2 rings (SSSR count). The third kappa shape index (κ3) is 3.64. The van der Waals surface area contributed by atoms with Gasteiger partial charge in [-0.2, -0.15) is 0 Å². The number of aliphatic hydroxyl groups excluding tert-OH is 1. The number of aliphatic hydroxyl groups is 1. The first-order valence-corrected chi connectivity index (χ1v) is 6.47. The van der Waals surface area contributed by atoms with Gasteiger partial charge < -0.3 is 10.0 Å². The van der Waals surface area contributed by atoms with Crippen LogP contribution in [0, 0.1) is 5.82 Å². The highest BCUT2D eigenvalue weighted by molar-refractivity contribution is 5.97. The lowest BCUT2D eigenvalue weighted by atomic mass is 10.1. The van der Waals surface area contributed by atoms with E-state index in [0.717, 1.165) is 18.4 Å². The van der Waals surface area contributed by atoms with Crippen molar-refractivity contribution in [2.45, 2.75) is 25.9 Å². The van der Waals surface area contributed by atoms with E-state index in [-0.39, 0.29) is 11.7 Å². The first-order valence-electron chi connectivity index (χ1n) is 6.47. The Morgan fingerprint density at radius 2 is 2.11 bits per heavy atom. The molecule has 3 nitrogen and oxygen atoms in total. The van der Waals surface area contributed by atoms with Gasteiger partial charge in [0.1, 0.15) is 5.82 Å². The molecule has 0 aliphatic carbocycles. The highest BCUT2D eigenvalue weighted by atomic mass is 19.1. The lowest BCUT2D eigenvalue weighted by Gasteiger charge is -2.30. The van der Waals surface area contributed by atoms with Crippen LogP contribution in [0.1, 0.15) is 25.3 Å². The van der Waals surface area contributed by atoms with E-state index in [1.165, 1.54) is 12.1 Å². The highest BCUT2D eigenvalue weighted by Crippen LogP contribution is 2.15. The first kappa shape index (κ1) is 13.7. The van der Waals surface area contributed by atoms with Gasteiger partial charge in [0.05, 0.1) is 6.10 Å². The van der Waals surface area contributed by atoms with Crippen LogP contribution in [-0.2, 0) is 4.79 Å². The minimum absolute atomic E-state index is 0.0666. The Labute approximate surface area is 112 Å². The number of benzene rings is 1. The number of hydrogen-bond acceptors (Lipinski definition) is 2. The molecule has 4 heteroatoms. The number of carbonyl (C=O) groups is 1. The van der Waals surface area contributed by atoms with Crippen LogP contribution in [-0.4, -0.2) is 35.1 Å². The molecular formula is C15H18FNO2. The summed E-state index contributed by atoms with van der Waals surface area (Å²) in [6, 6.07) is 6.01. The molecular weight excluding hydrogens is 245 g/mol. The molecule has 19 heavy (non-hydrogen) atoms. The van der Waals surface area contributed by atoms with Gasteiger partial charge >= 0.3 is 0 Å². The number of β-amino-alcohol motifs (C(OH)–C–C–N with tert-alkyl or cyclic N) is 1. The molecule has 1 atom stereocenters. The standard InChI is InChI=1S/C15H18FNO2/c1-11(9-12-4-6-13(16)7-5-12)15(19)17-8-2-3-14(18)10-17/h4-7,9,14,18H,2-3,8,10H2,1H3. The summed E-state index contributed by atoms with van der Waals surface area (Å²) in [5.41, 5.74) is 1.39. The van der Waals surface area contributed by atoms with Crippen molar-refractivity contribution in [2.75, 3.05) is 13.1 Å². The van der Waals surface area contributed by atoms with E-state index >= 15 is 0 Å². The maximum absolute atomic E-state index is 12.8.